The van der Waals surface area contributed by atoms with Gasteiger partial charge in [0.15, 0.2) is 0 Å². The van der Waals surface area contributed by atoms with Crippen LogP contribution in [-0.2, 0) is 27.8 Å². The molecule has 0 fully saturated rings. The Morgan fingerprint density at radius 1 is 0.800 bits per heavy atom. The second-order valence-corrected chi connectivity index (χ2v) is 8.88. The Kier molecular flexibility index (Phi) is 7.75. The van der Waals surface area contributed by atoms with Crippen molar-refractivity contribution in [3.63, 3.8) is 0 Å². The van der Waals surface area contributed by atoms with Crippen LogP contribution in [0.15, 0.2) is 36.4 Å². The SMILES string of the molecule is CCCCC1(CCCC)c2ccc(CCC)cc2-c2cc(CCC(=O)OC)ccc21. The summed E-state index contributed by atoms with van der Waals surface area (Å²) in [5.74, 6) is -0.138. The van der Waals surface area contributed by atoms with Gasteiger partial charge in [0.2, 0.25) is 0 Å². The number of hydrogen-bond donors (Lipinski definition) is 0. The predicted octanol–water partition coefficient (Wildman–Crippen LogP) is 7.39. The Hall–Kier alpha value is -2.09. The summed E-state index contributed by atoms with van der Waals surface area (Å²) in [6.07, 6.45) is 10.9. The number of esters is 1. The second kappa shape index (κ2) is 10.3. The molecule has 1 aliphatic rings. The maximum Gasteiger partial charge on any atom is 0.305 e. The van der Waals surface area contributed by atoms with Gasteiger partial charge in [0.1, 0.15) is 0 Å². The van der Waals surface area contributed by atoms with Crippen LogP contribution in [0, 0.1) is 0 Å². The Morgan fingerprint density at radius 3 is 1.80 bits per heavy atom. The van der Waals surface area contributed by atoms with Crippen molar-refractivity contribution in [2.45, 2.75) is 90.4 Å². The third kappa shape index (κ3) is 4.48. The van der Waals surface area contributed by atoms with Gasteiger partial charge in [-0.1, -0.05) is 89.3 Å². The molecule has 0 saturated heterocycles. The highest BCUT2D eigenvalue weighted by Crippen LogP contribution is 2.54. The van der Waals surface area contributed by atoms with Crippen LogP contribution in [0.25, 0.3) is 11.1 Å². The summed E-state index contributed by atoms with van der Waals surface area (Å²) in [6.45, 7) is 6.84. The molecule has 0 aliphatic heterocycles. The van der Waals surface area contributed by atoms with Crippen LogP contribution < -0.4 is 0 Å². The average Bonchev–Trinajstić information content (AvgIpc) is 3.04. The third-order valence-corrected chi connectivity index (χ3v) is 6.79. The van der Waals surface area contributed by atoms with Crippen LogP contribution in [-0.4, -0.2) is 13.1 Å². The molecular formula is C28H38O2. The second-order valence-electron chi connectivity index (χ2n) is 8.88. The van der Waals surface area contributed by atoms with E-state index in [1.165, 1.54) is 85.4 Å². The van der Waals surface area contributed by atoms with Gasteiger partial charge in [-0.3, -0.25) is 4.79 Å². The minimum Gasteiger partial charge on any atom is -0.469 e. The Morgan fingerprint density at radius 2 is 1.33 bits per heavy atom. The Balaban J connectivity index is 2.10. The molecule has 0 saturated carbocycles. The van der Waals surface area contributed by atoms with Crippen molar-refractivity contribution >= 4 is 5.97 Å². The molecule has 2 heteroatoms. The van der Waals surface area contributed by atoms with Crippen LogP contribution in [0.5, 0.6) is 0 Å². The van der Waals surface area contributed by atoms with Crippen molar-refractivity contribution in [1.29, 1.82) is 0 Å². The first-order chi connectivity index (χ1) is 14.6. The van der Waals surface area contributed by atoms with E-state index in [9.17, 15) is 4.79 Å². The first-order valence-corrected chi connectivity index (χ1v) is 11.9. The average molecular weight is 407 g/mol. The molecule has 0 atom stereocenters. The van der Waals surface area contributed by atoms with Crippen molar-refractivity contribution in [1.82, 2.24) is 0 Å². The summed E-state index contributed by atoms with van der Waals surface area (Å²) in [5.41, 5.74) is 8.68. The number of methoxy groups -OCH3 is 1. The molecule has 1 aliphatic carbocycles. The number of hydrogen-bond acceptors (Lipinski definition) is 2. The molecule has 0 heterocycles. The maximum absolute atomic E-state index is 11.7. The molecule has 0 unspecified atom stereocenters. The zero-order valence-electron chi connectivity index (χ0n) is 19.4. The van der Waals surface area contributed by atoms with Gasteiger partial charge in [-0.2, -0.15) is 0 Å². The fourth-order valence-corrected chi connectivity index (χ4v) is 5.18. The highest BCUT2D eigenvalue weighted by molar-refractivity contribution is 5.82. The van der Waals surface area contributed by atoms with E-state index in [4.69, 9.17) is 4.74 Å². The van der Waals surface area contributed by atoms with E-state index >= 15 is 0 Å². The van der Waals surface area contributed by atoms with Crippen molar-refractivity contribution in [2.24, 2.45) is 0 Å². The largest absolute Gasteiger partial charge is 0.469 e. The lowest BCUT2D eigenvalue weighted by molar-refractivity contribution is -0.140. The van der Waals surface area contributed by atoms with Crippen LogP contribution in [0.1, 0.15) is 94.4 Å². The van der Waals surface area contributed by atoms with E-state index in [2.05, 4.69) is 57.2 Å². The number of carbonyl (C=O) groups excluding carboxylic acids is 1. The molecule has 0 bridgehead atoms. The Bertz CT molecular complexity index is 857. The van der Waals surface area contributed by atoms with E-state index in [0.29, 0.717) is 6.42 Å². The monoisotopic (exact) mass is 406 g/mol. The first kappa shape index (κ1) is 22.6. The molecule has 0 N–H and O–H groups in total. The molecule has 2 aromatic carbocycles. The zero-order chi connectivity index (χ0) is 21.6. The van der Waals surface area contributed by atoms with E-state index < -0.39 is 0 Å². The molecule has 2 aromatic rings. The fraction of sp³-hybridized carbons (Fsp3) is 0.536. The molecule has 0 aromatic heterocycles. The standard InChI is InChI=1S/C28H38O2/c1-5-8-17-28(18-9-6-2)25-14-11-21(10-7-3)19-23(25)24-20-22(12-15-26(24)28)13-16-27(29)30-4/h11-12,14-15,19-20H,5-10,13,16-18H2,1-4H3. The number of fused-ring (bicyclic) bond motifs is 3. The van der Waals surface area contributed by atoms with Gasteiger partial charge >= 0.3 is 5.97 Å². The van der Waals surface area contributed by atoms with Crippen LogP contribution in [0.2, 0.25) is 0 Å². The van der Waals surface area contributed by atoms with Gasteiger partial charge in [-0.05, 0) is 59.1 Å². The Labute approximate surface area is 183 Å². The number of unbranched alkanes of at least 4 members (excludes halogenated alkanes) is 2. The minimum atomic E-state index is -0.138. The molecule has 0 radical (unpaired) electrons. The van der Waals surface area contributed by atoms with E-state index in [1.54, 1.807) is 0 Å². The lowest BCUT2D eigenvalue weighted by Crippen LogP contribution is -2.25. The summed E-state index contributed by atoms with van der Waals surface area (Å²) in [5, 5.41) is 0. The molecular weight excluding hydrogens is 368 g/mol. The summed E-state index contributed by atoms with van der Waals surface area (Å²) in [7, 11) is 1.46. The van der Waals surface area contributed by atoms with E-state index in [1.807, 2.05) is 0 Å². The van der Waals surface area contributed by atoms with Crippen LogP contribution >= 0.6 is 0 Å². The quantitative estimate of drug-likeness (QED) is 0.364. The highest BCUT2D eigenvalue weighted by Gasteiger charge is 2.42. The summed E-state index contributed by atoms with van der Waals surface area (Å²) in [6, 6.07) is 14.2. The number of carbonyl (C=O) groups is 1. The molecule has 0 spiro atoms. The van der Waals surface area contributed by atoms with E-state index in [0.717, 1.165) is 12.8 Å². The van der Waals surface area contributed by atoms with Crippen LogP contribution in [0.3, 0.4) is 0 Å². The number of aryl methyl sites for hydroxylation is 2. The molecule has 0 amide bonds. The van der Waals surface area contributed by atoms with Gasteiger partial charge < -0.3 is 4.74 Å². The lowest BCUT2D eigenvalue weighted by atomic mass is 9.70. The molecule has 162 valence electrons. The molecule has 30 heavy (non-hydrogen) atoms. The first-order valence-electron chi connectivity index (χ1n) is 11.9. The third-order valence-electron chi connectivity index (χ3n) is 6.79. The number of rotatable bonds is 11. The molecule has 2 nitrogen and oxygen atoms in total. The number of ether oxygens (including phenoxy) is 1. The van der Waals surface area contributed by atoms with Gasteiger partial charge in [0.05, 0.1) is 7.11 Å². The summed E-state index contributed by atoms with van der Waals surface area (Å²) < 4.78 is 4.85. The topological polar surface area (TPSA) is 26.3 Å². The number of benzene rings is 2. The van der Waals surface area contributed by atoms with Gasteiger partial charge in [-0.15, -0.1) is 0 Å². The lowest BCUT2D eigenvalue weighted by Gasteiger charge is -2.32. The van der Waals surface area contributed by atoms with E-state index in [-0.39, 0.29) is 11.4 Å². The van der Waals surface area contributed by atoms with Gasteiger partial charge in [0.25, 0.3) is 0 Å². The maximum atomic E-state index is 11.7. The smallest absolute Gasteiger partial charge is 0.305 e. The van der Waals surface area contributed by atoms with Gasteiger partial charge in [0, 0.05) is 11.8 Å². The predicted molar refractivity (Wildman–Crippen MR) is 126 cm³/mol. The van der Waals surface area contributed by atoms with Crippen molar-refractivity contribution < 1.29 is 9.53 Å². The van der Waals surface area contributed by atoms with Crippen molar-refractivity contribution in [3.05, 3.63) is 58.7 Å². The molecule has 3 rings (SSSR count). The van der Waals surface area contributed by atoms with Crippen LogP contribution in [0.4, 0.5) is 0 Å². The summed E-state index contributed by atoms with van der Waals surface area (Å²) in [4.78, 5) is 11.7. The van der Waals surface area contributed by atoms with Gasteiger partial charge in [-0.25, -0.2) is 0 Å². The minimum absolute atomic E-state index is 0.138. The highest BCUT2D eigenvalue weighted by atomic mass is 16.5. The zero-order valence-corrected chi connectivity index (χ0v) is 19.4. The normalized spacial score (nSPS) is 13.7. The fourth-order valence-electron chi connectivity index (χ4n) is 5.18. The van der Waals surface area contributed by atoms with Crippen molar-refractivity contribution in [2.75, 3.05) is 7.11 Å². The van der Waals surface area contributed by atoms with Crippen molar-refractivity contribution in [3.8, 4) is 11.1 Å². The summed E-state index contributed by atoms with van der Waals surface area (Å²) >= 11 is 0.